The van der Waals surface area contributed by atoms with Crippen molar-refractivity contribution < 1.29 is 28.5 Å². The molecule has 0 saturated carbocycles. The number of carbonyl (C=O) groups is 2. The standard InChI is InChI=1S/C25H19ClN4O6/c26-24-20(34-23(32)16-9-5-2-6-10-16)18(13-33-22(31)15-7-3-1-4-8-15)35-25(24,36-24)19-12-11-17-21(27)28-14-29-30(17)19/h1-12,14,18,20H,13H2,(H2,27,28,29)/t18-,20-,24+,25?/m1/s1. The van der Waals surface area contributed by atoms with Crippen LogP contribution in [-0.4, -0.2) is 50.4 Å². The van der Waals surface area contributed by atoms with Crippen LogP contribution in [0.3, 0.4) is 0 Å². The molecule has 2 aromatic carbocycles. The highest BCUT2D eigenvalue weighted by Crippen LogP contribution is 2.67. The zero-order valence-electron chi connectivity index (χ0n) is 18.6. The predicted molar refractivity (Wildman–Crippen MR) is 126 cm³/mol. The van der Waals surface area contributed by atoms with Crippen LogP contribution in [0.5, 0.6) is 0 Å². The molecule has 2 aliphatic rings. The lowest BCUT2D eigenvalue weighted by molar-refractivity contribution is -0.142. The van der Waals surface area contributed by atoms with Gasteiger partial charge in [0.1, 0.15) is 30.2 Å². The van der Waals surface area contributed by atoms with Crippen molar-refractivity contribution in [3.8, 4) is 0 Å². The van der Waals surface area contributed by atoms with Crippen molar-refractivity contribution in [3.63, 3.8) is 0 Å². The fraction of sp³-hybridized carbons (Fsp3) is 0.200. The molecule has 4 aromatic rings. The number of benzene rings is 2. The molecular formula is C25H19ClN4O6. The quantitative estimate of drug-likeness (QED) is 0.238. The molecule has 2 N–H and O–H groups in total. The van der Waals surface area contributed by atoms with Crippen LogP contribution < -0.4 is 5.73 Å². The van der Waals surface area contributed by atoms with E-state index in [2.05, 4.69) is 10.1 Å². The third-order valence-corrected chi connectivity index (χ3v) is 6.71. The Labute approximate surface area is 209 Å². The molecule has 2 saturated heterocycles. The number of nitrogens with zero attached hydrogens (tertiary/aromatic N) is 3. The summed E-state index contributed by atoms with van der Waals surface area (Å²) in [5.41, 5.74) is 7.61. The second-order valence-electron chi connectivity index (χ2n) is 8.34. The van der Waals surface area contributed by atoms with E-state index in [1.54, 1.807) is 72.8 Å². The highest BCUT2D eigenvalue weighted by Gasteiger charge is 2.85. The zero-order valence-corrected chi connectivity index (χ0v) is 19.4. The van der Waals surface area contributed by atoms with E-state index in [9.17, 15) is 9.59 Å². The van der Waals surface area contributed by atoms with Crippen LogP contribution in [0.4, 0.5) is 5.82 Å². The monoisotopic (exact) mass is 506 g/mol. The molecule has 4 atom stereocenters. The van der Waals surface area contributed by atoms with E-state index in [4.69, 9.17) is 36.3 Å². The molecule has 2 aromatic heterocycles. The van der Waals surface area contributed by atoms with Crippen molar-refractivity contribution in [1.82, 2.24) is 14.6 Å². The van der Waals surface area contributed by atoms with E-state index in [1.807, 2.05) is 0 Å². The second-order valence-corrected chi connectivity index (χ2v) is 8.90. The smallest absolute Gasteiger partial charge is 0.338 e. The van der Waals surface area contributed by atoms with Crippen molar-refractivity contribution in [2.75, 3.05) is 12.3 Å². The number of carbonyl (C=O) groups excluding carboxylic acids is 2. The summed E-state index contributed by atoms with van der Waals surface area (Å²) in [4.78, 5) is 29.5. The molecule has 0 bridgehead atoms. The molecule has 0 amide bonds. The van der Waals surface area contributed by atoms with Gasteiger partial charge in [0, 0.05) is 0 Å². The van der Waals surface area contributed by atoms with E-state index in [-0.39, 0.29) is 12.4 Å². The molecule has 2 fully saturated rings. The van der Waals surface area contributed by atoms with Gasteiger partial charge >= 0.3 is 11.9 Å². The Kier molecular flexibility index (Phi) is 5.18. The maximum atomic E-state index is 12.9. The number of nitrogens with two attached hydrogens (primary N) is 1. The first-order chi connectivity index (χ1) is 17.4. The first-order valence-corrected chi connectivity index (χ1v) is 11.4. The first kappa shape index (κ1) is 22.5. The lowest BCUT2D eigenvalue weighted by Gasteiger charge is -2.23. The van der Waals surface area contributed by atoms with Gasteiger partial charge < -0.3 is 24.7 Å². The maximum absolute atomic E-state index is 12.9. The highest BCUT2D eigenvalue weighted by atomic mass is 35.5. The zero-order chi connectivity index (χ0) is 24.9. The number of rotatable bonds is 6. The lowest BCUT2D eigenvalue weighted by atomic mass is 10.1. The predicted octanol–water partition coefficient (Wildman–Crippen LogP) is 2.91. The number of epoxide rings is 1. The fourth-order valence-corrected chi connectivity index (χ4v) is 4.82. The Bertz CT molecular complexity index is 1470. The Balaban J connectivity index is 1.32. The number of fused-ring (bicyclic) bond motifs is 2. The molecule has 2 aliphatic heterocycles. The Morgan fingerprint density at radius 2 is 1.67 bits per heavy atom. The molecular weight excluding hydrogens is 488 g/mol. The third-order valence-electron chi connectivity index (χ3n) is 6.17. The molecule has 0 spiro atoms. The molecule has 4 heterocycles. The molecule has 0 aliphatic carbocycles. The number of halogens is 1. The molecule has 1 unspecified atom stereocenters. The van der Waals surface area contributed by atoms with Crippen LogP contribution in [0, 0.1) is 0 Å². The fourth-order valence-electron chi connectivity index (χ4n) is 4.38. The van der Waals surface area contributed by atoms with Crippen LogP contribution >= 0.6 is 11.6 Å². The third kappa shape index (κ3) is 3.41. The second kappa shape index (κ2) is 8.30. The number of ether oxygens (including phenoxy) is 4. The summed E-state index contributed by atoms with van der Waals surface area (Å²) in [6.07, 6.45) is -0.747. The first-order valence-electron chi connectivity index (χ1n) is 11.1. The van der Waals surface area contributed by atoms with Gasteiger partial charge in [-0.25, -0.2) is 19.1 Å². The summed E-state index contributed by atoms with van der Waals surface area (Å²) >= 11 is 6.90. The van der Waals surface area contributed by atoms with Crippen molar-refractivity contribution >= 4 is 34.9 Å². The summed E-state index contributed by atoms with van der Waals surface area (Å²) < 4.78 is 24.9. The highest BCUT2D eigenvalue weighted by molar-refractivity contribution is 6.26. The summed E-state index contributed by atoms with van der Waals surface area (Å²) in [5, 5.41) is 2.65. The summed E-state index contributed by atoms with van der Waals surface area (Å²) in [7, 11) is 0. The van der Waals surface area contributed by atoms with Crippen LogP contribution in [-0.2, 0) is 24.7 Å². The average Bonchev–Trinajstić information content (AvgIpc) is 3.18. The van der Waals surface area contributed by atoms with Gasteiger partial charge in [-0.1, -0.05) is 48.0 Å². The SMILES string of the molecule is Nc1ncnn2c(C34O[C@H](COC(=O)c5ccccc5)[C@@H](OC(=O)c5ccccc5)[C@]3(Cl)O4)ccc12. The number of anilines is 1. The maximum Gasteiger partial charge on any atom is 0.338 e. The summed E-state index contributed by atoms with van der Waals surface area (Å²) in [5.74, 6) is -2.44. The number of alkyl halides is 1. The number of hydrogen-bond acceptors (Lipinski definition) is 9. The number of nitrogen functional groups attached to an aromatic ring is 1. The molecule has 6 rings (SSSR count). The van der Waals surface area contributed by atoms with E-state index in [0.29, 0.717) is 22.3 Å². The van der Waals surface area contributed by atoms with Crippen molar-refractivity contribution in [3.05, 3.63) is 95.9 Å². The minimum absolute atomic E-state index is 0.236. The van der Waals surface area contributed by atoms with Gasteiger partial charge in [0.15, 0.2) is 11.9 Å². The van der Waals surface area contributed by atoms with E-state index >= 15 is 0 Å². The van der Waals surface area contributed by atoms with Crippen molar-refractivity contribution in [1.29, 1.82) is 0 Å². The topological polar surface area (TPSA) is 131 Å². The number of esters is 2. The Morgan fingerprint density at radius 3 is 2.36 bits per heavy atom. The summed E-state index contributed by atoms with van der Waals surface area (Å²) in [6.45, 7) is -0.236. The van der Waals surface area contributed by atoms with Crippen molar-refractivity contribution in [2.45, 2.75) is 23.1 Å². The lowest BCUT2D eigenvalue weighted by Crippen LogP contribution is -2.40. The van der Waals surface area contributed by atoms with Crippen LogP contribution in [0.1, 0.15) is 26.4 Å². The minimum Gasteiger partial charge on any atom is -0.459 e. The van der Waals surface area contributed by atoms with E-state index in [0.717, 1.165) is 0 Å². The van der Waals surface area contributed by atoms with E-state index < -0.39 is 35.0 Å². The Morgan fingerprint density at radius 1 is 1.00 bits per heavy atom. The van der Waals surface area contributed by atoms with Gasteiger partial charge in [-0.15, -0.1) is 0 Å². The van der Waals surface area contributed by atoms with Gasteiger partial charge in [-0.3, -0.25) is 0 Å². The summed E-state index contributed by atoms with van der Waals surface area (Å²) in [6, 6.07) is 20.3. The van der Waals surface area contributed by atoms with Gasteiger partial charge in [0.05, 0.1) is 11.1 Å². The normalized spacial score (nSPS) is 26.4. The van der Waals surface area contributed by atoms with Crippen molar-refractivity contribution in [2.24, 2.45) is 0 Å². The van der Waals surface area contributed by atoms with Gasteiger partial charge in [-0.05, 0) is 36.4 Å². The molecule has 11 heteroatoms. The van der Waals surface area contributed by atoms with Crippen LogP contribution in [0.15, 0.2) is 79.1 Å². The average molecular weight is 507 g/mol. The van der Waals surface area contributed by atoms with Crippen LogP contribution in [0.2, 0.25) is 0 Å². The molecule has 0 radical (unpaired) electrons. The van der Waals surface area contributed by atoms with Gasteiger partial charge in [0.25, 0.3) is 5.79 Å². The molecule has 182 valence electrons. The largest absolute Gasteiger partial charge is 0.459 e. The molecule has 36 heavy (non-hydrogen) atoms. The van der Waals surface area contributed by atoms with E-state index in [1.165, 1.54) is 10.8 Å². The minimum atomic E-state index is -1.59. The molecule has 10 nitrogen and oxygen atoms in total. The van der Waals surface area contributed by atoms with Gasteiger partial charge in [0.2, 0.25) is 5.06 Å². The van der Waals surface area contributed by atoms with Crippen LogP contribution in [0.25, 0.3) is 5.52 Å². The number of hydrogen-bond donors (Lipinski definition) is 1. The van der Waals surface area contributed by atoms with Gasteiger partial charge in [-0.2, -0.15) is 5.10 Å². The Hall–Kier alpha value is -3.99. The number of aromatic nitrogens is 3.